The lowest BCUT2D eigenvalue weighted by molar-refractivity contribution is 0.102. The fraction of sp³-hybridized carbons (Fsp3) is 0.118. The first-order valence-electron chi connectivity index (χ1n) is 7.31. The molecule has 0 spiro atoms. The second-order valence-electron chi connectivity index (χ2n) is 4.82. The Morgan fingerprint density at radius 3 is 2.79 bits per heavy atom. The topological polar surface area (TPSA) is 84.3 Å². The van der Waals surface area contributed by atoms with Crippen LogP contribution >= 0.6 is 11.3 Å². The monoisotopic (exact) mass is 341 g/mol. The third-order valence-corrected chi connectivity index (χ3v) is 4.06. The van der Waals surface area contributed by atoms with Gasteiger partial charge in [-0.2, -0.15) is 0 Å². The van der Waals surface area contributed by atoms with E-state index in [9.17, 15) is 9.90 Å². The first kappa shape index (κ1) is 15.9. The molecule has 0 bridgehead atoms. The maximum Gasteiger partial charge on any atom is 0.276 e. The van der Waals surface area contributed by atoms with Crippen LogP contribution in [0.25, 0.3) is 10.6 Å². The number of nitrogens with zero attached hydrogens (tertiary/aromatic N) is 2. The van der Waals surface area contributed by atoms with Gasteiger partial charge in [0.2, 0.25) is 0 Å². The lowest BCUT2D eigenvalue weighted by Gasteiger charge is -2.04. The number of nitrogens with one attached hydrogen (secondary N) is 1. The van der Waals surface area contributed by atoms with Gasteiger partial charge in [-0.15, -0.1) is 11.3 Å². The molecule has 0 aliphatic carbocycles. The number of hydrogen-bond donors (Lipinski definition) is 2. The number of thiazole rings is 1. The van der Waals surface area contributed by atoms with Crippen molar-refractivity contribution in [2.24, 2.45) is 0 Å². The van der Waals surface area contributed by atoms with Gasteiger partial charge in [-0.1, -0.05) is 0 Å². The molecule has 0 radical (unpaired) electrons. The summed E-state index contributed by atoms with van der Waals surface area (Å²) in [6, 6.07) is 10.6. The number of carbonyl (C=O) groups is 1. The molecule has 3 rings (SSSR count). The average Bonchev–Trinajstić information content (AvgIpc) is 3.08. The Balaban J connectivity index is 1.75. The van der Waals surface area contributed by atoms with Crippen molar-refractivity contribution in [3.8, 4) is 22.1 Å². The Kier molecular flexibility index (Phi) is 4.72. The SMILES string of the molecule is CCOc1ccc(-c2nc(C(=O)Nc3ncccc3O)cs2)cc1. The van der Waals surface area contributed by atoms with E-state index in [1.807, 2.05) is 31.2 Å². The molecule has 0 fully saturated rings. The largest absolute Gasteiger partial charge is 0.504 e. The normalized spacial score (nSPS) is 10.4. The highest BCUT2D eigenvalue weighted by Crippen LogP contribution is 2.26. The molecule has 0 atom stereocenters. The van der Waals surface area contributed by atoms with Gasteiger partial charge in [0, 0.05) is 17.1 Å². The van der Waals surface area contributed by atoms with Crippen molar-refractivity contribution < 1.29 is 14.6 Å². The van der Waals surface area contributed by atoms with Crippen molar-refractivity contribution in [1.29, 1.82) is 0 Å². The maximum atomic E-state index is 12.2. The van der Waals surface area contributed by atoms with E-state index >= 15 is 0 Å². The molecule has 2 N–H and O–H groups in total. The van der Waals surface area contributed by atoms with Gasteiger partial charge in [0.05, 0.1) is 6.61 Å². The van der Waals surface area contributed by atoms with Crippen molar-refractivity contribution in [1.82, 2.24) is 9.97 Å². The molecule has 0 saturated carbocycles. The Bertz CT molecular complexity index is 846. The zero-order chi connectivity index (χ0) is 16.9. The number of benzene rings is 1. The van der Waals surface area contributed by atoms with Crippen LogP contribution in [-0.4, -0.2) is 27.6 Å². The standard InChI is InChI=1S/C17H15N3O3S/c1-2-23-12-7-5-11(6-8-12)17-19-13(10-24-17)16(22)20-15-14(21)4-3-9-18-15/h3-10,21H,2H2,1H3,(H,18,20,22). The molecule has 0 aliphatic rings. The molecule has 0 saturated heterocycles. The highest BCUT2D eigenvalue weighted by molar-refractivity contribution is 7.13. The molecule has 6 nitrogen and oxygen atoms in total. The summed E-state index contributed by atoms with van der Waals surface area (Å²) in [6.07, 6.45) is 1.49. The molecule has 3 aromatic rings. The van der Waals surface area contributed by atoms with E-state index in [0.717, 1.165) is 16.3 Å². The summed E-state index contributed by atoms with van der Waals surface area (Å²) in [5, 5.41) is 14.6. The summed E-state index contributed by atoms with van der Waals surface area (Å²) in [7, 11) is 0. The lowest BCUT2D eigenvalue weighted by Crippen LogP contribution is -2.13. The molecule has 1 amide bonds. The summed E-state index contributed by atoms with van der Waals surface area (Å²) < 4.78 is 5.41. The van der Waals surface area contributed by atoms with E-state index < -0.39 is 5.91 Å². The average molecular weight is 341 g/mol. The lowest BCUT2D eigenvalue weighted by atomic mass is 10.2. The van der Waals surface area contributed by atoms with Crippen LogP contribution in [0.2, 0.25) is 0 Å². The van der Waals surface area contributed by atoms with E-state index in [0.29, 0.717) is 6.61 Å². The molecule has 2 aromatic heterocycles. The number of anilines is 1. The van der Waals surface area contributed by atoms with E-state index in [4.69, 9.17) is 4.74 Å². The van der Waals surface area contributed by atoms with Gasteiger partial charge in [0.25, 0.3) is 5.91 Å². The highest BCUT2D eigenvalue weighted by atomic mass is 32.1. The van der Waals surface area contributed by atoms with Crippen LogP contribution in [0, 0.1) is 0 Å². The highest BCUT2D eigenvalue weighted by Gasteiger charge is 2.14. The second kappa shape index (κ2) is 7.10. The predicted octanol–water partition coefficient (Wildman–Crippen LogP) is 3.56. The minimum Gasteiger partial charge on any atom is -0.504 e. The van der Waals surface area contributed by atoms with Crippen LogP contribution in [0.4, 0.5) is 5.82 Å². The zero-order valence-corrected chi connectivity index (χ0v) is 13.7. The fourth-order valence-electron chi connectivity index (χ4n) is 2.04. The zero-order valence-electron chi connectivity index (χ0n) is 12.9. The molecule has 2 heterocycles. The smallest absolute Gasteiger partial charge is 0.276 e. The number of pyridine rings is 1. The summed E-state index contributed by atoms with van der Waals surface area (Å²) in [5.74, 6) is 0.393. The van der Waals surface area contributed by atoms with Gasteiger partial charge < -0.3 is 15.2 Å². The molecule has 7 heteroatoms. The van der Waals surface area contributed by atoms with Crippen LogP contribution < -0.4 is 10.1 Å². The molecule has 122 valence electrons. The first-order chi connectivity index (χ1) is 11.7. The summed E-state index contributed by atoms with van der Waals surface area (Å²) in [6.45, 7) is 2.54. The van der Waals surface area contributed by atoms with Crippen LogP contribution in [0.3, 0.4) is 0 Å². The first-order valence-corrected chi connectivity index (χ1v) is 8.19. The van der Waals surface area contributed by atoms with Gasteiger partial charge >= 0.3 is 0 Å². The molecular formula is C17H15N3O3S. The number of amides is 1. The van der Waals surface area contributed by atoms with Crippen molar-refractivity contribution in [3.63, 3.8) is 0 Å². The molecular weight excluding hydrogens is 326 g/mol. The van der Waals surface area contributed by atoms with E-state index in [2.05, 4.69) is 15.3 Å². The number of aromatic nitrogens is 2. The Labute approximate surface area is 142 Å². The third-order valence-electron chi connectivity index (χ3n) is 3.17. The van der Waals surface area contributed by atoms with Crippen molar-refractivity contribution in [2.75, 3.05) is 11.9 Å². The molecule has 24 heavy (non-hydrogen) atoms. The predicted molar refractivity (Wildman–Crippen MR) is 92.6 cm³/mol. The van der Waals surface area contributed by atoms with Gasteiger partial charge in [-0.3, -0.25) is 4.79 Å². The van der Waals surface area contributed by atoms with Crippen LogP contribution in [0.1, 0.15) is 17.4 Å². The van der Waals surface area contributed by atoms with Crippen molar-refractivity contribution in [3.05, 3.63) is 53.7 Å². The van der Waals surface area contributed by atoms with Gasteiger partial charge in [-0.25, -0.2) is 9.97 Å². The van der Waals surface area contributed by atoms with Crippen LogP contribution in [0.15, 0.2) is 48.0 Å². The fourth-order valence-corrected chi connectivity index (χ4v) is 2.84. The number of rotatable bonds is 5. The molecule has 0 unspecified atom stereocenters. The Morgan fingerprint density at radius 2 is 2.08 bits per heavy atom. The quantitative estimate of drug-likeness (QED) is 0.741. The Morgan fingerprint density at radius 1 is 1.29 bits per heavy atom. The van der Waals surface area contributed by atoms with Gasteiger partial charge in [-0.05, 0) is 43.3 Å². The van der Waals surface area contributed by atoms with E-state index in [-0.39, 0.29) is 17.3 Å². The van der Waals surface area contributed by atoms with Crippen molar-refractivity contribution in [2.45, 2.75) is 6.92 Å². The van der Waals surface area contributed by atoms with Gasteiger partial charge in [0.1, 0.15) is 16.5 Å². The summed E-state index contributed by atoms with van der Waals surface area (Å²) in [5.41, 5.74) is 1.18. The number of aromatic hydroxyl groups is 1. The van der Waals surface area contributed by atoms with Gasteiger partial charge in [0.15, 0.2) is 11.6 Å². The van der Waals surface area contributed by atoms with Crippen LogP contribution in [0.5, 0.6) is 11.5 Å². The van der Waals surface area contributed by atoms with Crippen molar-refractivity contribution >= 4 is 23.1 Å². The minimum absolute atomic E-state index is 0.0900. The second-order valence-corrected chi connectivity index (χ2v) is 5.68. The van der Waals surface area contributed by atoms with E-state index in [1.54, 1.807) is 11.4 Å². The number of carbonyl (C=O) groups excluding carboxylic acids is 1. The summed E-state index contributed by atoms with van der Waals surface area (Å²) >= 11 is 1.37. The van der Waals surface area contributed by atoms with Crippen LogP contribution in [-0.2, 0) is 0 Å². The Hall–Kier alpha value is -2.93. The number of ether oxygens (including phenoxy) is 1. The molecule has 1 aromatic carbocycles. The maximum absolute atomic E-state index is 12.2. The third kappa shape index (κ3) is 3.52. The minimum atomic E-state index is -0.419. The van der Waals surface area contributed by atoms with E-state index in [1.165, 1.54) is 23.6 Å². The summed E-state index contributed by atoms with van der Waals surface area (Å²) in [4.78, 5) is 20.5. The molecule has 0 aliphatic heterocycles. The number of hydrogen-bond acceptors (Lipinski definition) is 6.